The zero-order valence-electron chi connectivity index (χ0n) is 12.1. The lowest BCUT2D eigenvalue weighted by atomic mass is 10.0. The Bertz CT molecular complexity index is 461. The van der Waals surface area contributed by atoms with Crippen molar-refractivity contribution < 1.29 is 23.0 Å². The Labute approximate surface area is 126 Å². The van der Waals surface area contributed by atoms with Crippen molar-refractivity contribution in [1.82, 2.24) is 9.88 Å². The maximum Gasteiger partial charge on any atom is 0.422 e. The van der Waals surface area contributed by atoms with Crippen LogP contribution in [0.15, 0.2) is 18.3 Å². The number of aliphatic hydroxyl groups is 1. The highest BCUT2D eigenvalue weighted by Gasteiger charge is 2.28. The van der Waals surface area contributed by atoms with E-state index in [9.17, 15) is 18.3 Å². The molecule has 0 amide bonds. The Morgan fingerprint density at radius 3 is 2.55 bits per heavy atom. The topological polar surface area (TPSA) is 71.6 Å². The van der Waals surface area contributed by atoms with Gasteiger partial charge in [-0.15, -0.1) is 0 Å². The monoisotopic (exact) mass is 319 g/mol. The summed E-state index contributed by atoms with van der Waals surface area (Å²) in [6.45, 7) is 1.13. The highest BCUT2D eigenvalue weighted by Crippen LogP contribution is 2.21. The van der Waals surface area contributed by atoms with Crippen molar-refractivity contribution in [3.05, 3.63) is 23.9 Å². The van der Waals surface area contributed by atoms with Crippen molar-refractivity contribution >= 4 is 0 Å². The average Bonchev–Trinajstić information content (AvgIpc) is 2.97. The predicted octanol–water partition coefficient (Wildman–Crippen LogP) is 1.48. The van der Waals surface area contributed by atoms with Gasteiger partial charge in [0, 0.05) is 30.4 Å². The minimum absolute atomic E-state index is 0.138. The van der Waals surface area contributed by atoms with Crippen molar-refractivity contribution in [2.45, 2.75) is 31.2 Å². The lowest BCUT2D eigenvalue weighted by Gasteiger charge is -2.24. The first-order valence-corrected chi connectivity index (χ1v) is 7.16. The first-order chi connectivity index (χ1) is 10.3. The number of hydrogen-bond acceptors (Lipinski definition) is 5. The number of alkyl halides is 3. The fraction of sp³-hybridized carbons (Fsp3) is 0.643. The van der Waals surface area contributed by atoms with Crippen LogP contribution in [0, 0.1) is 0 Å². The third-order valence-electron chi connectivity index (χ3n) is 3.56. The molecule has 1 aliphatic heterocycles. The molecule has 2 rings (SSSR count). The van der Waals surface area contributed by atoms with Gasteiger partial charge in [-0.25, -0.2) is 4.98 Å². The van der Waals surface area contributed by atoms with E-state index in [1.807, 2.05) is 0 Å². The van der Waals surface area contributed by atoms with Gasteiger partial charge in [0.2, 0.25) is 5.88 Å². The van der Waals surface area contributed by atoms with Gasteiger partial charge in [0.1, 0.15) is 0 Å². The van der Waals surface area contributed by atoms with Crippen LogP contribution in [0.2, 0.25) is 0 Å². The molecule has 2 atom stereocenters. The number of rotatable bonds is 6. The summed E-state index contributed by atoms with van der Waals surface area (Å²) < 4.78 is 40.6. The largest absolute Gasteiger partial charge is 0.468 e. The van der Waals surface area contributed by atoms with Gasteiger partial charge in [0.25, 0.3) is 0 Å². The van der Waals surface area contributed by atoms with Crippen LogP contribution in [-0.4, -0.2) is 53.4 Å². The number of nitrogens with zero attached hydrogens (tertiary/aromatic N) is 2. The number of ether oxygens (including phenoxy) is 1. The van der Waals surface area contributed by atoms with Gasteiger partial charge in [-0.2, -0.15) is 13.2 Å². The quantitative estimate of drug-likeness (QED) is 0.831. The van der Waals surface area contributed by atoms with Gasteiger partial charge in [0.15, 0.2) is 6.61 Å². The summed E-state index contributed by atoms with van der Waals surface area (Å²) in [6, 6.07) is 2.31. The fourth-order valence-corrected chi connectivity index (χ4v) is 2.42. The molecule has 5 nitrogen and oxygen atoms in total. The number of likely N-dealkylation sites (tertiary alicyclic amines) is 1. The lowest BCUT2D eigenvalue weighted by Crippen LogP contribution is -2.40. The van der Waals surface area contributed by atoms with Crippen LogP contribution in [0.25, 0.3) is 0 Å². The SMILES string of the molecule is N[C@H](CN1CCCC1)[C@H](O)c1ccc(OCC(F)(F)F)nc1. The maximum atomic E-state index is 12.0. The van der Waals surface area contributed by atoms with E-state index in [0.29, 0.717) is 12.1 Å². The molecule has 0 radical (unpaired) electrons. The second-order valence-corrected chi connectivity index (χ2v) is 5.45. The summed E-state index contributed by atoms with van der Waals surface area (Å²) in [5, 5.41) is 10.2. The normalized spacial score (nSPS) is 19.1. The van der Waals surface area contributed by atoms with Crippen molar-refractivity contribution in [3.63, 3.8) is 0 Å². The average molecular weight is 319 g/mol. The van der Waals surface area contributed by atoms with E-state index in [2.05, 4.69) is 14.6 Å². The molecule has 0 saturated carbocycles. The molecule has 1 aromatic heterocycles. The van der Waals surface area contributed by atoms with Crippen LogP contribution in [0.1, 0.15) is 24.5 Å². The highest BCUT2D eigenvalue weighted by molar-refractivity contribution is 5.21. The number of hydrogen-bond donors (Lipinski definition) is 2. The third kappa shape index (κ3) is 5.11. The molecular formula is C14H20F3N3O2. The molecule has 124 valence electrons. The zero-order chi connectivity index (χ0) is 16.2. The van der Waals surface area contributed by atoms with Gasteiger partial charge in [-0.3, -0.25) is 0 Å². The van der Waals surface area contributed by atoms with Crippen molar-refractivity contribution in [3.8, 4) is 5.88 Å². The molecule has 1 saturated heterocycles. The molecule has 0 aromatic carbocycles. The molecule has 1 fully saturated rings. The summed E-state index contributed by atoms with van der Waals surface area (Å²) in [5.41, 5.74) is 6.45. The minimum atomic E-state index is -4.40. The van der Waals surface area contributed by atoms with Crippen LogP contribution in [0.5, 0.6) is 5.88 Å². The molecular weight excluding hydrogens is 299 g/mol. The number of nitrogens with two attached hydrogens (primary N) is 1. The van der Waals surface area contributed by atoms with Crippen molar-refractivity contribution in [1.29, 1.82) is 0 Å². The number of aliphatic hydroxyl groups excluding tert-OH is 1. The first kappa shape index (κ1) is 17.0. The number of aromatic nitrogens is 1. The van der Waals surface area contributed by atoms with Crippen LogP contribution >= 0.6 is 0 Å². The van der Waals surface area contributed by atoms with Crippen LogP contribution < -0.4 is 10.5 Å². The molecule has 0 bridgehead atoms. The Morgan fingerprint density at radius 2 is 2.00 bits per heavy atom. The summed E-state index contributed by atoms with van der Waals surface area (Å²) >= 11 is 0. The molecule has 3 N–H and O–H groups in total. The predicted molar refractivity (Wildman–Crippen MR) is 74.4 cm³/mol. The molecule has 0 unspecified atom stereocenters. The Hall–Kier alpha value is -1.38. The summed E-state index contributed by atoms with van der Waals surface area (Å²) in [7, 11) is 0. The van der Waals surface area contributed by atoms with Gasteiger partial charge in [0.05, 0.1) is 6.10 Å². The maximum absolute atomic E-state index is 12.0. The molecule has 8 heteroatoms. The summed E-state index contributed by atoms with van der Waals surface area (Å²) in [6.07, 6.45) is -1.76. The molecule has 0 aliphatic carbocycles. The van der Waals surface area contributed by atoms with E-state index >= 15 is 0 Å². The standard InChI is InChI=1S/C14H20F3N3O2/c15-14(16,17)9-22-12-4-3-10(7-19-12)13(21)11(18)8-20-5-1-2-6-20/h3-4,7,11,13,21H,1-2,5-6,8-9,18H2/t11-,13-/m1/s1. The van der Waals surface area contributed by atoms with E-state index < -0.39 is 24.9 Å². The smallest absolute Gasteiger partial charge is 0.422 e. The Balaban J connectivity index is 1.88. The number of halogens is 3. The Morgan fingerprint density at radius 1 is 1.32 bits per heavy atom. The third-order valence-corrected chi connectivity index (χ3v) is 3.56. The zero-order valence-corrected chi connectivity index (χ0v) is 12.1. The van der Waals surface area contributed by atoms with E-state index in [-0.39, 0.29) is 5.88 Å². The van der Waals surface area contributed by atoms with Gasteiger partial charge < -0.3 is 20.5 Å². The summed E-state index contributed by atoms with van der Waals surface area (Å²) in [4.78, 5) is 5.95. The molecule has 0 spiro atoms. The van der Waals surface area contributed by atoms with Crippen molar-refractivity contribution in [2.75, 3.05) is 26.2 Å². The highest BCUT2D eigenvalue weighted by atomic mass is 19.4. The van der Waals surface area contributed by atoms with E-state index in [4.69, 9.17) is 5.73 Å². The van der Waals surface area contributed by atoms with Crippen LogP contribution in [0.3, 0.4) is 0 Å². The van der Waals surface area contributed by atoms with Crippen molar-refractivity contribution in [2.24, 2.45) is 5.73 Å². The van der Waals surface area contributed by atoms with Gasteiger partial charge in [-0.1, -0.05) is 0 Å². The van der Waals surface area contributed by atoms with Gasteiger partial charge >= 0.3 is 6.18 Å². The molecule has 1 aromatic rings. The molecule has 1 aliphatic rings. The Kier molecular flexibility index (Phi) is 5.60. The summed E-state index contributed by atoms with van der Waals surface area (Å²) in [5.74, 6) is -0.138. The lowest BCUT2D eigenvalue weighted by molar-refractivity contribution is -0.154. The van der Waals surface area contributed by atoms with E-state index in [0.717, 1.165) is 25.9 Å². The van der Waals surface area contributed by atoms with E-state index in [1.165, 1.54) is 18.3 Å². The van der Waals surface area contributed by atoms with Crippen LogP contribution in [-0.2, 0) is 0 Å². The second-order valence-electron chi connectivity index (χ2n) is 5.45. The molecule has 2 heterocycles. The fourth-order valence-electron chi connectivity index (χ4n) is 2.42. The van der Waals surface area contributed by atoms with Gasteiger partial charge in [-0.05, 0) is 32.0 Å². The second kappa shape index (κ2) is 7.26. The minimum Gasteiger partial charge on any atom is -0.468 e. The number of pyridine rings is 1. The van der Waals surface area contributed by atoms with E-state index in [1.54, 1.807) is 0 Å². The first-order valence-electron chi connectivity index (χ1n) is 7.16. The molecule has 22 heavy (non-hydrogen) atoms. The van der Waals surface area contributed by atoms with Crippen LogP contribution in [0.4, 0.5) is 13.2 Å².